The van der Waals surface area contributed by atoms with Crippen molar-refractivity contribution in [3.63, 3.8) is 0 Å². The van der Waals surface area contributed by atoms with Gasteiger partial charge in [-0.2, -0.15) is 13.2 Å². The fraction of sp³-hybridized carbons (Fsp3) is 0.500. The highest BCUT2D eigenvalue weighted by Crippen LogP contribution is 2.20. The van der Waals surface area contributed by atoms with Gasteiger partial charge < -0.3 is 19.4 Å². The summed E-state index contributed by atoms with van der Waals surface area (Å²) in [6.45, 7) is 3.69. The molecule has 1 saturated heterocycles. The third kappa shape index (κ3) is 7.68. The second-order valence-corrected chi connectivity index (χ2v) is 7.70. The summed E-state index contributed by atoms with van der Waals surface area (Å²) in [5.74, 6) is -0.325. The molecule has 31 heavy (non-hydrogen) atoms. The van der Waals surface area contributed by atoms with Gasteiger partial charge in [0.05, 0.1) is 32.6 Å². The third-order valence-corrected chi connectivity index (χ3v) is 5.17. The largest absolute Gasteiger partial charge is 0.467 e. The summed E-state index contributed by atoms with van der Waals surface area (Å²) < 4.78 is 49.7. The van der Waals surface area contributed by atoms with Crippen molar-refractivity contribution in [1.82, 2.24) is 15.1 Å². The second-order valence-electron chi connectivity index (χ2n) is 7.70. The minimum absolute atomic E-state index is 0.195. The maximum Gasteiger partial charge on any atom is 0.406 e. The molecule has 170 valence electrons. The van der Waals surface area contributed by atoms with E-state index in [9.17, 15) is 18.0 Å². The van der Waals surface area contributed by atoms with Gasteiger partial charge in [-0.15, -0.1) is 0 Å². The summed E-state index contributed by atoms with van der Waals surface area (Å²) in [6.07, 6.45) is -3.12. The highest BCUT2D eigenvalue weighted by molar-refractivity contribution is 5.78. The fourth-order valence-corrected chi connectivity index (χ4v) is 3.49. The van der Waals surface area contributed by atoms with E-state index in [1.54, 1.807) is 12.1 Å². The van der Waals surface area contributed by atoms with Crippen LogP contribution in [0.3, 0.4) is 0 Å². The number of rotatable bonds is 9. The number of ether oxygens (including phenoxy) is 1. The molecule has 2 heterocycles. The van der Waals surface area contributed by atoms with Gasteiger partial charge in [0, 0.05) is 25.7 Å². The quantitative estimate of drug-likeness (QED) is 0.651. The Kier molecular flexibility index (Phi) is 8.11. The van der Waals surface area contributed by atoms with Crippen LogP contribution in [0.1, 0.15) is 22.9 Å². The summed E-state index contributed by atoms with van der Waals surface area (Å²) in [4.78, 5) is 15.7. The van der Waals surface area contributed by atoms with E-state index >= 15 is 0 Å². The minimum Gasteiger partial charge on any atom is -0.467 e. The fourth-order valence-electron chi connectivity index (χ4n) is 3.49. The molecule has 0 bridgehead atoms. The number of amides is 1. The molecule has 0 spiro atoms. The van der Waals surface area contributed by atoms with Crippen molar-refractivity contribution in [2.75, 3.05) is 45.9 Å². The van der Waals surface area contributed by atoms with Crippen LogP contribution < -0.4 is 5.32 Å². The van der Waals surface area contributed by atoms with Crippen molar-refractivity contribution >= 4 is 5.91 Å². The van der Waals surface area contributed by atoms with Crippen molar-refractivity contribution < 1.29 is 27.1 Å². The topological polar surface area (TPSA) is 58.0 Å². The van der Waals surface area contributed by atoms with Gasteiger partial charge in [0.25, 0.3) is 0 Å². The van der Waals surface area contributed by atoms with Crippen molar-refractivity contribution in [1.29, 1.82) is 0 Å². The first-order valence-electron chi connectivity index (χ1n) is 10.3. The first-order valence-corrected chi connectivity index (χ1v) is 10.3. The number of morpholine rings is 1. The lowest BCUT2D eigenvalue weighted by Gasteiger charge is -2.31. The number of nitrogens with one attached hydrogen (secondary N) is 1. The molecule has 1 aromatic heterocycles. The minimum atomic E-state index is -4.49. The molecule has 0 aliphatic carbocycles. The zero-order valence-corrected chi connectivity index (χ0v) is 17.5. The Hall–Kier alpha value is -2.36. The number of benzene rings is 1. The monoisotopic (exact) mass is 439 g/mol. The molecule has 0 radical (unpaired) electrons. The van der Waals surface area contributed by atoms with Gasteiger partial charge in [-0.3, -0.25) is 9.69 Å². The van der Waals surface area contributed by atoms with Gasteiger partial charge in [-0.05, 0) is 24.6 Å². The Balaban J connectivity index is 1.68. The SMILES string of the molecule is Cc1ccc([C@H](CN2CCOCC2)NCC(=O)N(Cc2ccco2)CC(F)(F)F)cc1. The van der Waals surface area contributed by atoms with E-state index < -0.39 is 18.6 Å². The highest BCUT2D eigenvalue weighted by atomic mass is 19.4. The average molecular weight is 439 g/mol. The van der Waals surface area contributed by atoms with Gasteiger partial charge in [0.1, 0.15) is 12.3 Å². The Morgan fingerprint density at radius 3 is 2.52 bits per heavy atom. The summed E-state index contributed by atoms with van der Waals surface area (Å²) in [6, 6.07) is 10.9. The zero-order valence-electron chi connectivity index (χ0n) is 17.5. The number of alkyl halides is 3. The van der Waals surface area contributed by atoms with E-state index in [4.69, 9.17) is 9.15 Å². The van der Waals surface area contributed by atoms with Gasteiger partial charge in [0.15, 0.2) is 0 Å². The van der Waals surface area contributed by atoms with E-state index in [0.29, 0.717) is 25.5 Å². The van der Waals surface area contributed by atoms with Gasteiger partial charge >= 0.3 is 6.18 Å². The number of aryl methyl sites for hydroxylation is 1. The van der Waals surface area contributed by atoms with Crippen LogP contribution in [0.4, 0.5) is 13.2 Å². The Morgan fingerprint density at radius 2 is 1.90 bits per heavy atom. The molecule has 1 amide bonds. The number of carbonyl (C=O) groups excluding carboxylic acids is 1. The lowest BCUT2D eigenvalue weighted by Crippen LogP contribution is -2.46. The molecule has 1 aromatic carbocycles. The molecule has 1 N–H and O–H groups in total. The van der Waals surface area contributed by atoms with Crippen LogP contribution in [0.25, 0.3) is 0 Å². The molecular formula is C22H28F3N3O3. The van der Waals surface area contributed by atoms with Crippen LogP contribution in [0, 0.1) is 6.92 Å². The summed E-state index contributed by atoms with van der Waals surface area (Å²) in [5, 5.41) is 3.18. The van der Waals surface area contributed by atoms with Gasteiger partial charge in [-0.1, -0.05) is 29.8 Å². The van der Waals surface area contributed by atoms with E-state index in [1.165, 1.54) is 6.26 Å². The van der Waals surface area contributed by atoms with Crippen LogP contribution >= 0.6 is 0 Å². The Morgan fingerprint density at radius 1 is 1.19 bits per heavy atom. The summed E-state index contributed by atoms with van der Waals surface area (Å²) in [5.41, 5.74) is 2.10. The lowest BCUT2D eigenvalue weighted by atomic mass is 10.0. The summed E-state index contributed by atoms with van der Waals surface area (Å²) in [7, 11) is 0. The maximum absolute atomic E-state index is 13.0. The zero-order chi connectivity index (χ0) is 22.3. The smallest absolute Gasteiger partial charge is 0.406 e. The number of halogens is 3. The van der Waals surface area contributed by atoms with E-state index in [2.05, 4.69) is 10.2 Å². The van der Waals surface area contributed by atoms with E-state index in [1.807, 2.05) is 31.2 Å². The van der Waals surface area contributed by atoms with Crippen LogP contribution in [-0.2, 0) is 16.1 Å². The van der Waals surface area contributed by atoms with Gasteiger partial charge in [-0.25, -0.2) is 0 Å². The molecule has 3 rings (SSSR count). The first kappa shape index (κ1) is 23.3. The van der Waals surface area contributed by atoms with E-state index in [0.717, 1.165) is 29.1 Å². The summed E-state index contributed by atoms with van der Waals surface area (Å²) >= 11 is 0. The molecule has 0 unspecified atom stereocenters. The maximum atomic E-state index is 13.0. The average Bonchev–Trinajstić information content (AvgIpc) is 3.24. The number of carbonyl (C=O) groups is 1. The molecule has 2 aromatic rings. The molecule has 0 saturated carbocycles. The molecule has 1 atom stereocenters. The third-order valence-electron chi connectivity index (χ3n) is 5.17. The molecule has 9 heteroatoms. The standard InChI is InChI=1S/C22H28F3N3O3/c1-17-4-6-18(7-5-17)20(15-27-8-11-30-12-9-27)26-13-21(29)28(16-22(23,24)25)14-19-3-2-10-31-19/h2-7,10,20,26H,8-9,11-16H2,1H3/t20-/m0/s1. The van der Waals surface area contributed by atoms with Crippen LogP contribution in [0.2, 0.25) is 0 Å². The predicted molar refractivity (Wildman–Crippen MR) is 109 cm³/mol. The Labute approximate surface area is 179 Å². The molecule has 6 nitrogen and oxygen atoms in total. The number of hydrogen-bond donors (Lipinski definition) is 1. The van der Waals surface area contributed by atoms with Crippen molar-refractivity contribution in [3.05, 3.63) is 59.5 Å². The number of nitrogens with zero attached hydrogens (tertiary/aromatic N) is 2. The molecule has 1 aliphatic heterocycles. The number of furan rings is 1. The van der Waals surface area contributed by atoms with Crippen LogP contribution in [-0.4, -0.2) is 67.8 Å². The van der Waals surface area contributed by atoms with Crippen molar-refractivity contribution in [3.8, 4) is 0 Å². The van der Waals surface area contributed by atoms with Crippen molar-refractivity contribution in [2.45, 2.75) is 25.7 Å². The van der Waals surface area contributed by atoms with Crippen LogP contribution in [0.15, 0.2) is 47.1 Å². The van der Waals surface area contributed by atoms with Gasteiger partial charge in [0.2, 0.25) is 5.91 Å². The predicted octanol–water partition coefficient (Wildman–Crippen LogP) is 3.14. The number of hydrogen-bond acceptors (Lipinski definition) is 5. The molecule has 1 fully saturated rings. The van der Waals surface area contributed by atoms with Crippen LogP contribution in [0.5, 0.6) is 0 Å². The second kappa shape index (κ2) is 10.8. The van der Waals surface area contributed by atoms with E-state index in [-0.39, 0.29) is 19.1 Å². The van der Waals surface area contributed by atoms with Crippen molar-refractivity contribution in [2.24, 2.45) is 0 Å². The first-order chi connectivity index (χ1) is 14.8. The molecular weight excluding hydrogens is 411 g/mol. The Bertz CT molecular complexity index is 804. The lowest BCUT2D eigenvalue weighted by molar-refractivity contribution is -0.162. The molecule has 1 aliphatic rings. The highest BCUT2D eigenvalue weighted by Gasteiger charge is 2.33. The normalized spacial score (nSPS) is 16.3.